The molecule has 0 aliphatic carbocycles. The second kappa shape index (κ2) is 9.23. The highest BCUT2D eigenvalue weighted by molar-refractivity contribution is 7.89. The smallest absolute Gasteiger partial charge is 0.243 e. The van der Waals surface area contributed by atoms with E-state index in [9.17, 15) is 26.8 Å². The minimum atomic E-state index is -3.96. The maximum Gasteiger partial charge on any atom is 0.243 e. The first-order valence-electron chi connectivity index (χ1n) is 9.99. The maximum atomic E-state index is 13.5. The van der Waals surface area contributed by atoms with Gasteiger partial charge in [-0.25, -0.2) is 17.2 Å². The molecule has 1 aliphatic heterocycles. The van der Waals surface area contributed by atoms with Gasteiger partial charge in [-0.15, -0.1) is 0 Å². The number of carbonyl (C=O) groups excluding carboxylic acids is 2. The Labute approximate surface area is 180 Å². The highest BCUT2D eigenvalue weighted by Crippen LogP contribution is 2.27. The summed E-state index contributed by atoms with van der Waals surface area (Å²) in [6, 6.07) is 7.41. The molecule has 2 unspecified atom stereocenters. The van der Waals surface area contributed by atoms with Crippen molar-refractivity contribution in [1.29, 1.82) is 0 Å². The summed E-state index contributed by atoms with van der Waals surface area (Å²) in [7, 11) is -3.96. The summed E-state index contributed by atoms with van der Waals surface area (Å²) in [6.07, 6.45) is 1.65. The number of benzene rings is 2. The Hall–Kier alpha value is -2.65. The van der Waals surface area contributed by atoms with Crippen LogP contribution in [0.2, 0.25) is 0 Å². The van der Waals surface area contributed by atoms with Gasteiger partial charge in [-0.3, -0.25) is 9.59 Å². The molecule has 31 heavy (non-hydrogen) atoms. The minimum absolute atomic E-state index is 0.00542. The normalized spacial score (nSPS) is 18.4. The lowest BCUT2D eigenvalue weighted by atomic mass is 10.0. The number of hydrogen-bond acceptors (Lipinski definition) is 4. The van der Waals surface area contributed by atoms with Crippen molar-refractivity contribution in [2.75, 3.05) is 6.54 Å². The zero-order valence-corrected chi connectivity index (χ0v) is 18.1. The first kappa shape index (κ1) is 23.0. The lowest BCUT2D eigenvalue weighted by Crippen LogP contribution is -2.52. The van der Waals surface area contributed by atoms with Gasteiger partial charge < -0.3 is 5.32 Å². The molecule has 0 radical (unpaired) electrons. The standard InChI is InChI=1S/C22H24F2N2O4S/c1-14(17-8-11-19(23)20(24)13-17)25-22(28)21-5-3-4-12-26(21)31(29,30)18-9-6-16(7-10-18)15(2)27/h6-11,13-14,21H,3-5,12H2,1-2H3,(H,25,28). The molecule has 166 valence electrons. The van der Waals surface area contributed by atoms with Crippen LogP contribution in [0.3, 0.4) is 0 Å². The van der Waals surface area contributed by atoms with Gasteiger partial charge in [0.25, 0.3) is 0 Å². The van der Waals surface area contributed by atoms with Gasteiger partial charge in [0.1, 0.15) is 6.04 Å². The largest absolute Gasteiger partial charge is 0.348 e. The van der Waals surface area contributed by atoms with Crippen molar-refractivity contribution in [2.24, 2.45) is 0 Å². The molecular weight excluding hydrogens is 426 g/mol. The number of Topliss-reactive ketones (excluding diaryl/α,β-unsaturated/α-hetero) is 1. The number of ketones is 1. The molecule has 2 aromatic rings. The van der Waals surface area contributed by atoms with Gasteiger partial charge >= 0.3 is 0 Å². The predicted octanol–water partition coefficient (Wildman–Crippen LogP) is 3.59. The van der Waals surface area contributed by atoms with Crippen molar-refractivity contribution < 1.29 is 26.8 Å². The summed E-state index contributed by atoms with van der Waals surface area (Å²) in [4.78, 5) is 24.4. The number of nitrogens with zero attached hydrogens (tertiary/aromatic N) is 1. The first-order valence-corrected chi connectivity index (χ1v) is 11.4. The molecule has 0 saturated carbocycles. The van der Waals surface area contributed by atoms with Gasteiger partial charge in [-0.05, 0) is 56.5 Å². The number of piperidine rings is 1. The molecule has 1 saturated heterocycles. The van der Waals surface area contributed by atoms with Crippen molar-refractivity contribution in [1.82, 2.24) is 9.62 Å². The van der Waals surface area contributed by atoms with E-state index >= 15 is 0 Å². The van der Waals surface area contributed by atoms with Crippen LogP contribution >= 0.6 is 0 Å². The van der Waals surface area contributed by atoms with Gasteiger partial charge in [0.05, 0.1) is 10.9 Å². The average Bonchev–Trinajstić information content (AvgIpc) is 2.75. The molecule has 1 heterocycles. The van der Waals surface area contributed by atoms with E-state index in [0.717, 1.165) is 12.1 Å². The lowest BCUT2D eigenvalue weighted by molar-refractivity contribution is -0.126. The summed E-state index contributed by atoms with van der Waals surface area (Å²) in [6.45, 7) is 3.20. The molecule has 1 aliphatic rings. The zero-order valence-electron chi connectivity index (χ0n) is 17.3. The molecule has 6 nitrogen and oxygen atoms in total. The van der Waals surface area contributed by atoms with Crippen LogP contribution in [0.4, 0.5) is 8.78 Å². The summed E-state index contributed by atoms with van der Waals surface area (Å²) in [5, 5.41) is 2.71. The molecule has 0 spiro atoms. The Kier molecular flexibility index (Phi) is 6.86. The zero-order chi connectivity index (χ0) is 22.8. The van der Waals surface area contributed by atoms with Crippen LogP contribution in [0.5, 0.6) is 0 Å². The van der Waals surface area contributed by atoms with Crippen molar-refractivity contribution in [3.05, 3.63) is 65.2 Å². The van der Waals surface area contributed by atoms with Crippen LogP contribution in [0.25, 0.3) is 0 Å². The molecule has 2 aromatic carbocycles. The van der Waals surface area contributed by atoms with Gasteiger partial charge in [0, 0.05) is 12.1 Å². The number of carbonyl (C=O) groups is 2. The van der Waals surface area contributed by atoms with Gasteiger partial charge in [0.2, 0.25) is 15.9 Å². The Bertz CT molecular complexity index is 1090. The van der Waals surface area contributed by atoms with Crippen LogP contribution in [-0.4, -0.2) is 37.0 Å². The van der Waals surface area contributed by atoms with Gasteiger partial charge in [-0.2, -0.15) is 4.31 Å². The fraction of sp³-hybridized carbons (Fsp3) is 0.364. The Morgan fingerprint density at radius 3 is 2.35 bits per heavy atom. The monoisotopic (exact) mass is 450 g/mol. The number of nitrogens with one attached hydrogen (secondary N) is 1. The lowest BCUT2D eigenvalue weighted by Gasteiger charge is -2.34. The average molecular weight is 451 g/mol. The Balaban J connectivity index is 1.81. The number of hydrogen-bond donors (Lipinski definition) is 1. The van der Waals surface area contributed by atoms with Gasteiger partial charge in [-0.1, -0.05) is 24.6 Å². The van der Waals surface area contributed by atoms with E-state index in [0.29, 0.717) is 30.4 Å². The molecule has 0 bridgehead atoms. The third-order valence-corrected chi connectivity index (χ3v) is 7.35. The van der Waals surface area contributed by atoms with Crippen molar-refractivity contribution in [3.63, 3.8) is 0 Å². The van der Waals surface area contributed by atoms with Crippen LogP contribution < -0.4 is 5.32 Å². The predicted molar refractivity (Wildman–Crippen MR) is 111 cm³/mol. The SMILES string of the molecule is CC(=O)c1ccc(S(=O)(=O)N2CCCCC2C(=O)NC(C)c2ccc(F)c(F)c2)cc1. The van der Waals surface area contributed by atoms with Crippen molar-refractivity contribution in [3.8, 4) is 0 Å². The van der Waals surface area contributed by atoms with Crippen LogP contribution in [0.15, 0.2) is 47.4 Å². The van der Waals surface area contributed by atoms with Crippen LogP contribution in [-0.2, 0) is 14.8 Å². The third-order valence-electron chi connectivity index (χ3n) is 5.43. The molecule has 9 heteroatoms. The van der Waals surface area contributed by atoms with E-state index in [4.69, 9.17) is 0 Å². The maximum absolute atomic E-state index is 13.5. The highest BCUT2D eigenvalue weighted by Gasteiger charge is 2.38. The molecule has 1 amide bonds. The fourth-order valence-electron chi connectivity index (χ4n) is 3.63. The number of halogens is 2. The minimum Gasteiger partial charge on any atom is -0.348 e. The molecule has 1 N–H and O–H groups in total. The quantitative estimate of drug-likeness (QED) is 0.682. The fourth-order valence-corrected chi connectivity index (χ4v) is 5.28. The van der Waals surface area contributed by atoms with Gasteiger partial charge in [0.15, 0.2) is 17.4 Å². The number of amides is 1. The van der Waals surface area contributed by atoms with Crippen molar-refractivity contribution >= 4 is 21.7 Å². The topological polar surface area (TPSA) is 83.6 Å². The molecule has 2 atom stereocenters. The Morgan fingerprint density at radius 1 is 1.06 bits per heavy atom. The van der Waals surface area contributed by atoms with E-state index in [1.807, 2.05) is 0 Å². The van der Waals surface area contributed by atoms with Crippen LogP contribution in [0, 0.1) is 11.6 Å². The van der Waals surface area contributed by atoms with E-state index in [-0.39, 0.29) is 17.2 Å². The first-order chi connectivity index (χ1) is 14.6. The van der Waals surface area contributed by atoms with E-state index in [1.165, 1.54) is 41.6 Å². The molecule has 3 rings (SSSR count). The van der Waals surface area contributed by atoms with E-state index in [1.54, 1.807) is 6.92 Å². The van der Waals surface area contributed by atoms with E-state index < -0.39 is 39.6 Å². The highest BCUT2D eigenvalue weighted by atomic mass is 32.2. The summed E-state index contributed by atoms with van der Waals surface area (Å²) >= 11 is 0. The number of rotatable bonds is 6. The number of sulfonamides is 1. The Morgan fingerprint density at radius 2 is 1.74 bits per heavy atom. The summed E-state index contributed by atoms with van der Waals surface area (Å²) < 4.78 is 54.2. The second-order valence-corrected chi connectivity index (χ2v) is 9.50. The summed E-state index contributed by atoms with van der Waals surface area (Å²) in [5.41, 5.74) is 0.768. The van der Waals surface area contributed by atoms with E-state index in [2.05, 4.69) is 5.32 Å². The molecule has 1 fully saturated rings. The van der Waals surface area contributed by atoms with Crippen LogP contribution in [0.1, 0.15) is 55.1 Å². The van der Waals surface area contributed by atoms with Crippen molar-refractivity contribution in [2.45, 2.75) is 50.1 Å². The molecule has 0 aromatic heterocycles. The molecular formula is C22H24F2N2O4S. The summed E-state index contributed by atoms with van der Waals surface area (Å²) in [5.74, 6) is -2.68. The second-order valence-electron chi connectivity index (χ2n) is 7.61. The third kappa shape index (κ3) is 4.99.